The van der Waals surface area contributed by atoms with Gasteiger partial charge in [0.25, 0.3) is 0 Å². The topological polar surface area (TPSA) is 51.0 Å². The van der Waals surface area contributed by atoms with Gasteiger partial charge in [0, 0.05) is 16.9 Å². The third kappa shape index (κ3) is 2.77. The molecule has 1 aliphatic carbocycles. The van der Waals surface area contributed by atoms with Gasteiger partial charge in [-0.25, -0.2) is 0 Å². The predicted octanol–water partition coefficient (Wildman–Crippen LogP) is 3.45. The van der Waals surface area contributed by atoms with Gasteiger partial charge in [-0.2, -0.15) is 4.98 Å². The van der Waals surface area contributed by atoms with Crippen molar-refractivity contribution in [1.29, 1.82) is 0 Å². The number of aromatic nitrogens is 2. The molecule has 0 aliphatic heterocycles. The zero-order valence-electron chi connectivity index (χ0n) is 12.4. The zero-order valence-corrected chi connectivity index (χ0v) is 14.0. The average molecular weight is 350 g/mol. The van der Waals surface area contributed by atoms with E-state index >= 15 is 0 Å². The van der Waals surface area contributed by atoms with Crippen molar-refractivity contribution >= 4 is 15.9 Å². The van der Waals surface area contributed by atoms with Crippen molar-refractivity contribution < 1.29 is 4.52 Å². The van der Waals surface area contributed by atoms with Crippen molar-refractivity contribution in [2.24, 2.45) is 0 Å². The Morgan fingerprint density at radius 1 is 1.33 bits per heavy atom. The fraction of sp³-hybridized carbons (Fsp3) is 0.500. The van der Waals surface area contributed by atoms with E-state index in [9.17, 15) is 0 Å². The van der Waals surface area contributed by atoms with Crippen LogP contribution in [0.3, 0.4) is 0 Å². The summed E-state index contributed by atoms with van der Waals surface area (Å²) in [5, 5.41) is 7.36. The molecule has 3 rings (SSSR count). The molecule has 0 spiro atoms. The Labute approximate surface area is 133 Å². The smallest absolute Gasteiger partial charge is 0.237 e. The largest absolute Gasteiger partial charge is 0.338 e. The van der Waals surface area contributed by atoms with E-state index in [1.54, 1.807) is 0 Å². The summed E-state index contributed by atoms with van der Waals surface area (Å²) in [6.07, 6.45) is 4.16. The van der Waals surface area contributed by atoms with Crippen LogP contribution < -0.4 is 5.32 Å². The van der Waals surface area contributed by atoms with E-state index < -0.39 is 0 Å². The maximum atomic E-state index is 5.60. The van der Waals surface area contributed by atoms with Crippen molar-refractivity contribution in [1.82, 2.24) is 15.5 Å². The van der Waals surface area contributed by atoms with E-state index in [1.807, 2.05) is 7.05 Å². The predicted molar refractivity (Wildman–Crippen MR) is 85.3 cm³/mol. The Balaban J connectivity index is 1.88. The first-order valence-electron chi connectivity index (χ1n) is 7.40. The lowest BCUT2D eigenvalue weighted by atomic mass is 9.64. The SMILES string of the molecule is CNC(C)Cc1noc(C2(c3ccc(Br)cc3)CCC2)n1. The molecule has 0 bridgehead atoms. The third-order valence-corrected chi connectivity index (χ3v) is 4.99. The number of rotatable bonds is 5. The lowest BCUT2D eigenvalue weighted by Crippen LogP contribution is -2.35. The Kier molecular flexibility index (Phi) is 4.13. The molecule has 112 valence electrons. The molecule has 1 atom stereocenters. The van der Waals surface area contributed by atoms with E-state index in [4.69, 9.17) is 4.52 Å². The molecule has 1 heterocycles. The van der Waals surface area contributed by atoms with Gasteiger partial charge in [0.05, 0.1) is 5.41 Å². The number of nitrogens with one attached hydrogen (secondary N) is 1. The van der Waals surface area contributed by atoms with Gasteiger partial charge >= 0.3 is 0 Å². The molecule has 1 aliphatic rings. The van der Waals surface area contributed by atoms with Crippen LogP contribution in [0.15, 0.2) is 33.3 Å². The van der Waals surface area contributed by atoms with Gasteiger partial charge in [-0.05, 0) is 44.5 Å². The quantitative estimate of drug-likeness (QED) is 0.897. The average Bonchev–Trinajstić information content (AvgIpc) is 2.88. The van der Waals surface area contributed by atoms with E-state index in [1.165, 1.54) is 12.0 Å². The molecule has 0 saturated heterocycles. The molecule has 1 aromatic carbocycles. The van der Waals surface area contributed by atoms with Crippen LogP contribution in [0.1, 0.15) is 43.5 Å². The zero-order chi connectivity index (χ0) is 14.9. The summed E-state index contributed by atoms with van der Waals surface area (Å²) < 4.78 is 6.69. The molecule has 1 saturated carbocycles. The first kappa shape index (κ1) is 14.7. The van der Waals surface area contributed by atoms with Gasteiger partial charge < -0.3 is 9.84 Å². The van der Waals surface area contributed by atoms with Gasteiger partial charge in [0.2, 0.25) is 5.89 Å². The number of nitrogens with zero attached hydrogens (tertiary/aromatic N) is 2. The fourth-order valence-electron chi connectivity index (χ4n) is 2.83. The summed E-state index contributed by atoms with van der Waals surface area (Å²) in [6, 6.07) is 8.82. The van der Waals surface area contributed by atoms with Gasteiger partial charge in [0.15, 0.2) is 5.82 Å². The highest BCUT2D eigenvalue weighted by atomic mass is 79.9. The molecular formula is C16H20BrN3O. The minimum absolute atomic E-state index is 0.0746. The van der Waals surface area contributed by atoms with Crippen molar-refractivity contribution in [3.05, 3.63) is 46.0 Å². The van der Waals surface area contributed by atoms with Crippen LogP contribution in [0.25, 0.3) is 0 Å². The van der Waals surface area contributed by atoms with Crippen molar-refractivity contribution in [3.63, 3.8) is 0 Å². The molecule has 1 N–H and O–H groups in total. The Morgan fingerprint density at radius 2 is 2.05 bits per heavy atom. The molecule has 1 aromatic heterocycles. The third-order valence-electron chi connectivity index (χ3n) is 4.46. The molecule has 0 radical (unpaired) electrons. The van der Waals surface area contributed by atoms with Crippen molar-refractivity contribution in [2.75, 3.05) is 7.05 Å². The number of halogens is 1. The Bertz CT molecular complexity index is 604. The van der Waals surface area contributed by atoms with Gasteiger partial charge in [-0.15, -0.1) is 0 Å². The monoisotopic (exact) mass is 349 g/mol. The highest BCUT2D eigenvalue weighted by Gasteiger charge is 2.45. The van der Waals surface area contributed by atoms with Gasteiger partial charge in [-0.1, -0.05) is 39.6 Å². The highest BCUT2D eigenvalue weighted by Crippen LogP contribution is 2.48. The molecule has 0 amide bonds. The summed E-state index contributed by atoms with van der Waals surface area (Å²) in [5.41, 5.74) is 1.20. The first-order valence-corrected chi connectivity index (χ1v) is 8.20. The number of likely N-dealkylation sites (N-methyl/N-ethyl adjacent to an activating group) is 1. The van der Waals surface area contributed by atoms with E-state index in [2.05, 4.69) is 62.6 Å². The second kappa shape index (κ2) is 5.89. The lowest BCUT2D eigenvalue weighted by Gasteiger charge is -2.38. The molecule has 1 unspecified atom stereocenters. The maximum absolute atomic E-state index is 5.60. The summed E-state index contributed by atoms with van der Waals surface area (Å²) in [7, 11) is 1.95. The minimum Gasteiger partial charge on any atom is -0.338 e. The normalized spacial score (nSPS) is 18.2. The molecule has 1 fully saturated rings. The minimum atomic E-state index is -0.0746. The summed E-state index contributed by atoms with van der Waals surface area (Å²) in [4.78, 5) is 4.66. The van der Waals surface area contributed by atoms with Gasteiger partial charge in [0.1, 0.15) is 0 Å². The molecule has 4 nitrogen and oxygen atoms in total. The van der Waals surface area contributed by atoms with Crippen LogP contribution in [0.4, 0.5) is 0 Å². The van der Waals surface area contributed by atoms with Crippen LogP contribution in [-0.4, -0.2) is 23.2 Å². The standard InChI is InChI=1S/C16H20BrN3O/c1-11(18-2)10-14-19-15(21-20-14)16(8-3-9-16)12-4-6-13(17)7-5-12/h4-7,11,18H,3,8-10H2,1-2H3. The number of benzene rings is 1. The van der Waals surface area contributed by atoms with Crippen LogP contribution in [0.5, 0.6) is 0 Å². The molecular weight excluding hydrogens is 330 g/mol. The van der Waals surface area contributed by atoms with Crippen LogP contribution in [0.2, 0.25) is 0 Å². The highest BCUT2D eigenvalue weighted by molar-refractivity contribution is 9.10. The summed E-state index contributed by atoms with van der Waals surface area (Å²) in [5.74, 6) is 1.56. The van der Waals surface area contributed by atoms with E-state index in [0.29, 0.717) is 6.04 Å². The second-order valence-electron chi connectivity index (χ2n) is 5.85. The summed E-state index contributed by atoms with van der Waals surface area (Å²) >= 11 is 3.49. The van der Waals surface area contributed by atoms with Gasteiger partial charge in [-0.3, -0.25) is 0 Å². The Morgan fingerprint density at radius 3 is 2.62 bits per heavy atom. The number of hydrogen-bond donors (Lipinski definition) is 1. The first-order chi connectivity index (χ1) is 10.1. The fourth-order valence-corrected chi connectivity index (χ4v) is 3.10. The van der Waals surface area contributed by atoms with Crippen molar-refractivity contribution in [2.45, 2.75) is 44.1 Å². The molecule has 21 heavy (non-hydrogen) atoms. The lowest BCUT2D eigenvalue weighted by molar-refractivity contribution is 0.216. The van der Waals surface area contributed by atoms with E-state index in [0.717, 1.165) is 35.5 Å². The molecule has 2 aromatic rings. The second-order valence-corrected chi connectivity index (χ2v) is 6.77. The van der Waals surface area contributed by atoms with Crippen LogP contribution in [-0.2, 0) is 11.8 Å². The van der Waals surface area contributed by atoms with Crippen LogP contribution in [0, 0.1) is 0 Å². The number of hydrogen-bond acceptors (Lipinski definition) is 4. The van der Waals surface area contributed by atoms with Crippen LogP contribution >= 0.6 is 15.9 Å². The van der Waals surface area contributed by atoms with E-state index in [-0.39, 0.29) is 5.41 Å². The maximum Gasteiger partial charge on any atom is 0.237 e. The Hall–Kier alpha value is -1.20. The van der Waals surface area contributed by atoms with Crippen molar-refractivity contribution in [3.8, 4) is 0 Å². The summed E-state index contributed by atoms with van der Waals surface area (Å²) in [6.45, 7) is 2.11. The molecule has 5 heteroatoms.